The molecule has 0 aromatic heterocycles. The van der Waals surface area contributed by atoms with E-state index in [0.717, 1.165) is 12.1 Å². The van der Waals surface area contributed by atoms with E-state index in [2.05, 4.69) is 5.16 Å². The first-order valence-corrected chi connectivity index (χ1v) is 3.81. The number of rotatable bonds is 0. The van der Waals surface area contributed by atoms with E-state index in [9.17, 15) is 0 Å². The summed E-state index contributed by atoms with van der Waals surface area (Å²) in [4.78, 5) is 5.07. The molecule has 0 aromatic rings. The fraction of sp³-hybridized carbons (Fsp3) is 0.857. The quantitative estimate of drug-likeness (QED) is 0.548. The SMILES string of the molecule is CC1=NO[C@@H]2CCC(O)O[C@H]12. The van der Waals surface area contributed by atoms with Gasteiger partial charge in [0.25, 0.3) is 0 Å². The smallest absolute Gasteiger partial charge is 0.159 e. The molecule has 62 valence electrons. The highest BCUT2D eigenvalue weighted by molar-refractivity contribution is 5.87. The summed E-state index contributed by atoms with van der Waals surface area (Å²) in [5, 5.41) is 12.9. The van der Waals surface area contributed by atoms with E-state index in [1.54, 1.807) is 0 Å². The van der Waals surface area contributed by atoms with Crippen molar-refractivity contribution in [1.29, 1.82) is 0 Å². The molecule has 4 nitrogen and oxygen atoms in total. The highest BCUT2D eigenvalue weighted by Gasteiger charge is 2.38. The Morgan fingerprint density at radius 3 is 3.18 bits per heavy atom. The second-order valence-electron chi connectivity index (χ2n) is 2.97. The van der Waals surface area contributed by atoms with Crippen LogP contribution in [0.15, 0.2) is 5.16 Å². The van der Waals surface area contributed by atoms with E-state index < -0.39 is 6.29 Å². The molecule has 1 saturated heterocycles. The number of hydrogen-bond acceptors (Lipinski definition) is 4. The Hall–Kier alpha value is -0.610. The Kier molecular flexibility index (Phi) is 1.58. The molecule has 0 aromatic carbocycles. The van der Waals surface area contributed by atoms with E-state index >= 15 is 0 Å². The van der Waals surface area contributed by atoms with E-state index in [0.29, 0.717) is 6.42 Å². The Morgan fingerprint density at radius 1 is 1.55 bits per heavy atom. The van der Waals surface area contributed by atoms with Gasteiger partial charge in [-0.05, 0) is 13.3 Å². The normalized spacial score (nSPS) is 42.7. The number of hydrogen-bond donors (Lipinski definition) is 1. The summed E-state index contributed by atoms with van der Waals surface area (Å²) in [6, 6.07) is 0. The minimum Gasteiger partial charge on any atom is -0.389 e. The zero-order valence-electron chi connectivity index (χ0n) is 6.36. The Balaban J connectivity index is 2.07. The van der Waals surface area contributed by atoms with Gasteiger partial charge in [-0.15, -0.1) is 0 Å². The molecule has 0 amide bonds. The number of oxime groups is 1. The van der Waals surface area contributed by atoms with Gasteiger partial charge in [-0.1, -0.05) is 5.16 Å². The maximum Gasteiger partial charge on any atom is 0.159 e. The fourth-order valence-electron chi connectivity index (χ4n) is 1.46. The highest BCUT2D eigenvalue weighted by atomic mass is 16.7. The molecule has 0 aliphatic carbocycles. The van der Waals surface area contributed by atoms with Gasteiger partial charge in [0.15, 0.2) is 12.4 Å². The fourth-order valence-corrected chi connectivity index (χ4v) is 1.46. The molecule has 0 radical (unpaired) electrons. The Morgan fingerprint density at radius 2 is 2.36 bits per heavy atom. The van der Waals surface area contributed by atoms with E-state index in [1.807, 2.05) is 6.92 Å². The molecular formula is C7H11NO3. The van der Waals surface area contributed by atoms with Crippen molar-refractivity contribution in [2.24, 2.45) is 5.16 Å². The minimum absolute atomic E-state index is 0.0402. The van der Waals surface area contributed by atoms with Crippen LogP contribution in [0.25, 0.3) is 0 Å². The molecular weight excluding hydrogens is 146 g/mol. The third-order valence-electron chi connectivity index (χ3n) is 2.08. The number of nitrogens with zero attached hydrogens (tertiary/aromatic N) is 1. The molecule has 3 atom stereocenters. The summed E-state index contributed by atoms with van der Waals surface area (Å²) in [6.07, 6.45) is 0.761. The summed E-state index contributed by atoms with van der Waals surface area (Å²) in [6.45, 7) is 1.85. The summed E-state index contributed by atoms with van der Waals surface area (Å²) in [7, 11) is 0. The topological polar surface area (TPSA) is 51.0 Å². The summed E-state index contributed by atoms with van der Waals surface area (Å²) in [5.74, 6) is 0. The van der Waals surface area contributed by atoms with Gasteiger partial charge >= 0.3 is 0 Å². The number of fused-ring (bicyclic) bond motifs is 1. The number of ether oxygens (including phenoxy) is 1. The van der Waals surface area contributed by atoms with E-state index in [1.165, 1.54) is 0 Å². The van der Waals surface area contributed by atoms with Gasteiger partial charge in [-0.25, -0.2) is 0 Å². The van der Waals surface area contributed by atoms with Crippen molar-refractivity contribution >= 4 is 5.71 Å². The van der Waals surface area contributed by atoms with Crippen LogP contribution in [0.5, 0.6) is 0 Å². The largest absolute Gasteiger partial charge is 0.389 e. The average Bonchev–Trinajstić information content (AvgIpc) is 2.33. The second-order valence-corrected chi connectivity index (χ2v) is 2.97. The molecule has 0 spiro atoms. The third kappa shape index (κ3) is 1.12. The maximum absolute atomic E-state index is 9.14. The lowest BCUT2D eigenvalue weighted by Crippen LogP contribution is -2.40. The average molecular weight is 157 g/mol. The van der Waals surface area contributed by atoms with Crippen LogP contribution in [-0.4, -0.2) is 29.3 Å². The first-order valence-electron chi connectivity index (χ1n) is 3.81. The van der Waals surface area contributed by atoms with Crippen molar-refractivity contribution in [2.75, 3.05) is 0 Å². The predicted octanol–water partition coefficient (Wildman–Crippen LogP) is 0.259. The zero-order valence-corrected chi connectivity index (χ0v) is 6.36. The van der Waals surface area contributed by atoms with Gasteiger partial charge < -0.3 is 14.7 Å². The highest BCUT2D eigenvalue weighted by Crippen LogP contribution is 2.26. The summed E-state index contributed by atoms with van der Waals surface area (Å²) >= 11 is 0. The maximum atomic E-state index is 9.14. The lowest BCUT2D eigenvalue weighted by molar-refractivity contribution is -0.177. The zero-order chi connectivity index (χ0) is 7.84. The van der Waals surface area contributed by atoms with Crippen molar-refractivity contribution in [2.45, 2.75) is 38.3 Å². The van der Waals surface area contributed by atoms with E-state index in [-0.39, 0.29) is 12.2 Å². The third-order valence-corrected chi connectivity index (χ3v) is 2.08. The molecule has 1 N–H and O–H groups in total. The molecule has 4 heteroatoms. The lowest BCUT2D eigenvalue weighted by Gasteiger charge is -2.27. The van der Waals surface area contributed by atoms with Crippen LogP contribution in [0.4, 0.5) is 0 Å². The summed E-state index contributed by atoms with van der Waals surface area (Å²) < 4.78 is 5.22. The van der Waals surface area contributed by atoms with Crippen molar-refractivity contribution in [3.63, 3.8) is 0 Å². The minimum atomic E-state index is -0.636. The van der Waals surface area contributed by atoms with Crippen LogP contribution < -0.4 is 0 Å². The first kappa shape index (κ1) is 7.06. The Bertz CT molecular complexity index is 192. The molecule has 2 aliphatic rings. The number of aliphatic hydroxyl groups excluding tert-OH is 1. The first-order chi connectivity index (χ1) is 5.27. The molecule has 1 fully saturated rings. The van der Waals surface area contributed by atoms with Crippen LogP contribution in [0.2, 0.25) is 0 Å². The van der Waals surface area contributed by atoms with E-state index in [4.69, 9.17) is 14.7 Å². The van der Waals surface area contributed by atoms with Crippen molar-refractivity contribution in [1.82, 2.24) is 0 Å². The summed E-state index contributed by atoms with van der Waals surface area (Å²) in [5.41, 5.74) is 0.828. The molecule has 1 unspecified atom stereocenters. The Labute approximate surface area is 64.8 Å². The van der Waals surface area contributed by atoms with Crippen LogP contribution in [0.1, 0.15) is 19.8 Å². The monoisotopic (exact) mass is 157 g/mol. The molecule has 2 rings (SSSR count). The van der Waals surface area contributed by atoms with Crippen molar-refractivity contribution in [3.05, 3.63) is 0 Å². The van der Waals surface area contributed by atoms with Crippen LogP contribution in [0.3, 0.4) is 0 Å². The predicted molar refractivity (Wildman–Crippen MR) is 38.1 cm³/mol. The van der Waals surface area contributed by atoms with Crippen LogP contribution >= 0.6 is 0 Å². The van der Waals surface area contributed by atoms with Gasteiger partial charge in [0.05, 0.1) is 5.71 Å². The second kappa shape index (κ2) is 2.46. The van der Waals surface area contributed by atoms with Crippen molar-refractivity contribution < 1.29 is 14.7 Å². The molecule has 11 heavy (non-hydrogen) atoms. The van der Waals surface area contributed by atoms with Crippen molar-refractivity contribution in [3.8, 4) is 0 Å². The van der Waals surface area contributed by atoms with Gasteiger partial charge in [0, 0.05) is 6.42 Å². The van der Waals surface area contributed by atoms with Gasteiger partial charge in [-0.3, -0.25) is 0 Å². The van der Waals surface area contributed by atoms with Crippen LogP contribution in [0, 0.1) is 0 Å². The molecule has 0 saturated carbocycles. The lowest BCUT2D eigenvalue weighted by atomic mass is 10.0. The van der Waals surface area contributed by atoms with Gasteiger partial charge in [0.2, 0.25) is 0 Å². The van der Waals surface area contributed by atoms with Gasteiger partial charge in [0.1, 0.15) is 6.10 Å². The van der Waals surface area contributed by atoms with Crippen LogP contribution in [-0.2, 0) is 9.57 Å². The molecule has 2 aliphatic heterocycles. The standard InChI is InChI=1S/C7H11NO3/c1-4-7-5(11-8-4)2-3-6(9)10-7/h5-7,9H,2-3H2,1H3/t5-,6?,7-/m1/s1. The molecule has 0 bridgehead atoms. The van der Waals surface area contributed by atoms with Gasteiger partial charge in [-0.2, -0.15) is 0 Å². The molecule has 2 heterocycles. The number of aliphatic hydroxyl groups is 1.